The molecule has 1 nitrogen and oxygen atoms in total. The molecule has 0 aromatic heterocycles. The van der Waals surface area contributed by atoms with Gasteiger partial charge < -0.3 is 0 Å². The highest BCUT2D eigenvalue weighted by Crippen LogP contribution is 2.54. The Morgan fingerprint density at radius 3 is 2.28 bits per heavy atom. The minimum atomic E-state index is 0.150. The Morgan fingerprint density at radius 1 is 1.22 bits per heavy atom. The van der Waals surface area contributed by atoms with Crippen molar-refractivity contribution in [2.24, 2.45) is 17.8 Å². The molecule has 3 aliphatic carbocycles. The molecular formula is C16H24OS. The summed E-state index contributed by atoms with van der Waals surface area (Å²) in [7, 11) is 0. The van der Waals surface area contributed by atoms with E-state index in [-0.39, 0.29) is 4.75 Å². The number of carbonyl (C=O) groups excluding carboxylic acids is 1. The zero-order valence-electron chi connectivity index (χ0n) is 11.3. The Hall–Kier alpha value is -0.240. The topological polar surface area (TPSA) is 17.1 Å². The monoisotopic (exact) mass is 264 g/mol. The zero-order chi connectivity index (χ0) is 12.8. The maximum atomic E-state index is 11.5. The SMILES string of the molecule is CC(=O)C1CC2CC(S)(C=C3CCCC3)CC2C1. The first kappa shape index (κ1) is 12.8. The van der Waals surface area contributed by atoms with E-state index in [0.717, 1.165) is 24.7 Å². The fourth-order valence-electron chi connectivity index (χ4n) is 4.51. The van der Waals surface area contributed by atoms with E-state index in [9.17, 15) is 4.79 Å². The smallest absolute Gasteiger partial charge is 0.132 e. The van der Waals surface area contributed by atoms with E-state index in [1.54, 1.807) is 12.5 Å². The average Bonchev–Trinajstić information content (AvgIpc) is 2.92. The van der Waals surface area contributed by atoms with Crippen molar-refractivity contribution in [1.29, 1.82) is 0 Å². The molecule has 0 aliphatic heterocycles. The van der Waals surface area contributed by atoms with E-state index in [0.29, 0.717) is 11.7 Å². The van der Waals surface area contributed by atoms with Crippen LogP contribution >= 0.6 is 12.6 Å². The van der Waals surface area contributed by atoms with Crippen molar-refractivity contribution in [2.45, 2.75) is 63.0 Å². The van der Waals surface area contributed by atoms with E-state index in [1.165, 1.54) is 38.5 Å². The molecule has 0 bridgehead atoms. The second-order valence-corrected chi connectivity index (χ2v) is 7.71. The van der Waals surface area contributed by atoms with Crippen LogP contribution in [0.5, 0.6) is 0 Å². The van der Waals surface area contributed by atoms with Crippen LogP contribution in [-0.4, -0.2) is 10.5 Å². The number of hydrogen-bond donors (Lipinski definition) is 1. The lowest BCUT2D eigenvalue weighted by molar-refractivity contribution is -0.120. The summed E-state index contributed by atoms with van der Waals surface area (Å²) in [5.74, 6) is 2.28. The van der Waals surface area contributed by atoms with Crippen LogP contribution in [0.1, 0.15) is 58.3 Å². The summed E-state index contributed by atoms with van der Waals surface area (Å²) in [6.07, 6.45) is 12.5. The van der Waals surface area contributed by atoms with Crippen molar-refractivity contribution in [2.75, 3.05) is 0 Å². The number of Topliss-reactive ketones (excluding diaryl/α,β-unsaturated/α-hetero) is 1. The van der Waals surface area contributed by atoms with Gasteiger partial charge in [0.05, 0.1) is 0 Å². The van der Waals surface area contributed by atoms with Crippen molar-refractivity contribution in [3.63, 3.8) is 0 Å². The van der Waals surface area contributed by atoms with Gasteiger partial charge in [-0.3, -0.25) is 4.79 Å². The highest BCUT2D eigenvalue weighted by atomic mass is 32.1. The lowest BCUT2D eigenvalue weighted by Crippen LogP contribution is -2.17. The first-order chi connectivity index (χ1) is 8.56. The fraction of sp³-hybridized carbons (Fsp3) is 0.812. The maximum Gasteiger partial charge on any atom is 0.132 e. The predicted octanol–water partition coefficient (Wildman–Crippen LogP) is 4.18. The summed E-state index contributed by atoms with van der Waals surface area (Å²) in [6, 6.07) is 0. The number of allylic oxidation sites excluding steroid dienone is 1. The Balaban J connectivity index is 1.66. The molecule has 0 heterocycles. The van der Waals surface area contributed by atoms with Crippen LogP contribution in [0, 0.1) is 17.8 Å². The number of rotatable bonds is 2. The summed E-state index contributed by atoms with van der Waals surface area (Å²) in [5.41, 5.74) is 1.65. The van der Waals surface area contributed by atoms with Crippen molar-refractivity contribution in [3.8, 4) is 0 Å². The fourth-order valence-corrected chi connectivity index (χ4v) is 5.16. The molecule has 0 aromatic carbocycles. The van der Waals surface area contributed by atoms with Gasteiger partial charge in [-0.05, 0) is 70.1 Å². The molecule has 0 saturated heterocycles. The summed E-state index contributed by atoms with van der Waals surface area (Å²) in [4.78, 5) is 11.5. The van der Waals surface area contributed by atoms with Gasteiger partial charge in [0.2, 0.25) is 0 Å². The van der Waals surface area contributed by atoms with Gasteiger partial charge in [0, 0.05) is 10.7 Å². The van der Waals surface area contributed by atoms with Gasteiger partial charge in [-0.2, -0.15) is 12.6 Å². The Labute approximate surface area is 116 Å². The molecule has 2 heteroatoms. The normalized spacial score (nSPS) is 43.2. The molecule has 0 spiro atoms. The number of fused-ring (bicyclic) bond motifs is 1. The summed E-state index contributed by atoms with van der Waals surface area (Å²) >= 11 is 4.98. The van der Waals surface area contributed by atoms with E-state index in [2.05, 4.69) is 6.08 Å². The van der Waals surface area contributed by atoms with Gasteiger partial charge >= 0.3 is 0 Å². The third-order valence-electron chi connectivity index (χ3n) is 5.37. The van der Waals surface area contributed by atoms with Crippen LogP contribution < -0.4 is 0 Å². The number of carbonyl (C=O) groups is 1. The van der Waals surface area contributed by atoms with Crippen LogP contribution in [-0.2, 0) is 4.79 Å². The lowest BCUT2D eigenvalue weighted by Gasteiger charge is -2.22. The maximum absolute atomic E-state index is 11.5. The van der Waals surface area contributed by atoms with Crippen molar-refractivity contribution >= 4 is 18.4 Å². The molecule has 18 heavy (non-hydrogen) atoms. The van der Waals surface area contributed by atoms with Gasteiger partial charge in [0.15, 0.2) is 0 Å². The molecule has 3 fully saturated rings. The molecule has 0 amide bonds. The summed E-state index contributed by atoms with van der Waals surface area (Å²) in [5, 5.41) is 0. The van der Waals surface area contributed by atoms with Gasteiger partial charge in [-0.25, -0.2) is 0 Å². The Morgan fingerprint density at radius 2 is 1.78 bits per heavy atom. The van der Waals surface area contributed by atoms with Crippen LogP contribution in [0.15, 0.2) is 11.6 Å². The van der Waals surface area contributed by atoms with Crippen molar-refractivity contribution in [3.05, 3.63) is 11.6 Å². The molecule has 0 N–H and O–H groups in total. The quantitative estimate of drug-likeness (QED) is 0.585. The van der Waals surface area contributed by atoms with Crippen LogP contribution in [0.3, 0.4) is 0 Å². The van der Waals surface area contributed by atoms with E-state index >= 15 is 0 Å². The number of thiol groups is 1. The first-order valence-corrected chi connectivity index (χ1v) is 7.94. The lowest BCUT2D eigenvalue weighted by atomic mass is 9.93. The number of hydrogen-bond acceptors (Lipinski definition) is 2. The molecule has 3 rings (SSSR count). The average molecular weight is 264 g/mol. The minimum Gasteiger partial charge on any atom is -0.300 e. The predicted molar refractivity (Wildman–Crippen MR) is 77.9 cm³/mol. The molecule has 100 valence electrons. The van der Waals surface area contributed by atoms with E-state index < -0.39 is 0 Å². The third-order valence-corrected chi connectivity index (χ3v) is 5.86. The molecule has 2 unspecified atom stereocenters. The molecule has 2 atom stereocenters. The molecule has 0 aromatic rings. The van der Waals surface area contributed by atoms with Gasteiger partial charge in [-0.15, -0.1) is 0 Å². The van der Waals surface area contributed by atoms with Crippen LogP contribution in [0.25, 0.3) is 0 Å². The van der Waals surface area contributed by atoms with Crippen LogP contribution in [0.4, 0.5) is 0 Å². The van der Waals surface area contributed by atoms with E-state index in [4.69, 9.17) is 12.6 Å². The standard InChI is InChI=1S/C16H24OS/c1-11(17)13-6-14-9-16(18,10-15(14)7-13)8-12-4-2-3-5-12/h8,13-15,18H,2-7,9-10H2,1H3. The van der Waals surface area contributed by atoms with E-state index in [1.807, 2.05) is 0 Å². The van der Waals surface area contributed by atoms with Gasteiger partial charge in [0.25, 0.3) is 0 Å². The highest BCUT2D eigenvalue weighted by molar-refractivity contribution is 7.82. The van der Waals surface area contributed by atoms with Gasteiger partial charge in [-0.1, -0.05) is 11.6 Å². The Kier molecular flexibility index (Phi) is 3.34. The summed E-state index contributed by atoms with van der Waals surface area (Å²) < 4.78 is 0.150. The zero-order valence-corrected chi connectivity index (χ0v) is 12.2. The minimum absolute atomic E-state index is 0.150. The molecule has 3 saturated carbocycles. The summed E-state index contributed by atoms with van der Waals surface area (Å²) in [6.45, 7) is 1.76. The van der Waals surface area contributed by atoms with Crippen molar-refractivity contribution < 1.29 is 4.79 Å². The third kappa shape index (κ3) is 2.41. The second kappa shape index (κ2) is 4.70. The molecular weight excluding hydrogens is 240 g/mol. The van der Waals surface area contributed by atoms with Crippen LogP contribution in [0.2, 0.25) is 0 Å². The second-order valence-electron chi connectivity index (χ2n) is 6.82. The first-order valence-electron chi connectivity index (χ1n) is 7.49. The largest absolute Gasteiger partial charge is 0.300 e. The number of ketones is 1. The highest BCUT2D eigenvalue weighted by Gasteiger charge is 2.47. The molecule has 0 radical (unpaired) electrons. The Bertz CT molecular complexity index is 363. The van der Waals surface area contributed by atoms with Gasteiger partial charge in [0.1, 0.15) is 5.78 Å². The molecule has 3 aliphatic rings. The van der Waals surface area contributed by atoms with Crippen molar-refractivity contribution in [1.82, 2.24) is 0 Å².